The molecule has 0 aliphatic carbocycles. The largest absolute Gasteiger partial charge is 0.478 e. The molecule has 0 bridgehead atoms. The summed E-state index contributed by atoms with van der Waals surface area (Å²) in [7, 11) is 0. The van der Waals surface area contributed by atoms with E-state index in [1.54, 1.807) is 24.3 Å². The van der Waals surface area contributed by atoms with Crippen molar-refractivity contribution < 1.29 is 14.7 Å². The molecular formula is C17H16O3S. The number of carbonyl (C=O) groups is 2. The van der Waals surface area contributed by atoms with Crippen LogP contribution in [0.15, 0.2) is 48.5 Å². The lowest BCUT2D eigenvalue weighted by Crippen LogP contribution is -2.02. The zero-order valence-corrected chi connectivity index (χ0v) is 12.5. The number of rotatable bonds is 6. The number of hydrogen-bond donors (Lipinski definition) is 1. The molecule has 108 valence electrons. The van der Waals surface area contributed by atoms with Crippen molar-refractivity contribution in [3.05, 3.63) is 70.8 Å². The summed E-state index contributed by atoms with van der Waals surface area (Å²) in [5, 5.41) is 8.82. The zero-order chi connectivity index (χ0) is 15.2. The van der Waals surface area contributed by atoms with Gasteiger partial charge < -0.3 is 5.11 Å². The van der Waals surface area contributed by atoms with Crippen molar-refractivity contribution in [2.75, 3.05) is 5.75 Å². The zero-order valence-electron chi connectivity index (χ0n) is 11.7. The quantitative estimate of drug-likeness (QED) is 0.824. The highest BCUT2D eigenvalue weighted by Gasteiger charge is 2.06. The molecule has 1 N–H and O–H groups in total. The van der Waals surface area contributed by atoms with Gasteiger partial charge in [0.25, 0.3) is 0 Å². The van der Waals surface area contributed by atoms with Crippen LogP contribution in [0.4, 0.5) is 0 Å². The van der Waals surface area contributed by atoms with E-state index in [1.165, 1.54) is 11.8 Å². The predicted octanol–water partition coefficient (Wildman–Crippen LogP) is 3.81. The normalized spacial score (nSPS) is 10.3. The van der Waals surface area contributed by atoms with Gasteiger partial charge in [-0.25, -0.2) is 4.79 Å². The van der Waals surface area contributed by atoms with Gasteiger partial charge in [0.15, 0.2) is 5.78 Å². The highest BCUT2D eigenvalue weighted by molar-refractivity contribution is 7.99. The highest BCUT2D eigenvalue weighted by atomic mass is 32.2. The molecule has 0 aromatic heterocycles. The Bertz CT molecular complexity index is 630. The Labute approximate surface area is 128 Å². The molecule has 0 spiro atoms. The van der Waals surface area contributed by atoms with Crippen LogP contribution in [0.1, 0.15) is 31.8 Å². The Hall–Kier alpha value is -2.07. The Morgan fingerprint density at radius 2 is 1.52 bits per heavy atom. The van der Waals surface area contributed by atoms with Crippen LogP contribution in [0.3, 0.4) is 0 Å². The first-order valence-electron chi connectivity index (χ1n) is 6.56. The Morgan fingerprint density at radius 1 is 0.952 bits per heavy atom. The predicted molar refractivity (Wildman–Crippen MR) is 85.1 cm³/mol. The van der Waals surface area contributed by atoms with Gasteiger partial charge in [-0.3, -0.25) is 4.79 Å². The number of Topliss-reactive ketones (excluding diaryl/α,β-unsaturated/α-hetero) is 1. The minimum Gasteiger partial charge on any atom is -0.478 e. The van der Waals surface area contributed by atoms with E-state index in [2.05, 4.69) is 0 Å². The molecule has 2 aromatic rings. The molecule has 4 heteroatoms. The maximum Gasteiger partial charge on any atom is 0.335 e. The van der Waals surface area contributed by atoms with Crippen molar-refractivity contribution in [3.63, 3.8) is 0 Å². The summed E-state index contributed by atoms with van der Waals surface area (Å²) in [5.41, 5.74) is 3.16. The van der Waals surface area contributed by atoms with Gasteiger partial charge in [0.2, 0.25) is 0 Å². The number of ketones is 1. The first-order chi connectivity index (χ1) is 10.1. The Morgan fingerprint density at radius 3 is 2.10 bits per heavy atom. The van der Waals surface area contributed by atoms with Crippen molar-refractivity contribution in [1.29, 1.82) is 0 Å². The monoisotopic (exact) mass is 300 g/mol. The second-order valence-electron chi connectivity index (χ2n) is 4.78. The molecule has 0 atom stereocenters. The molecule has 0 saturated heterocycles. The van der Waals surface area contributed by atoms with Crippen LogP contribution in [-0.4, -0.2) is 22.6 Å². The molecule has 2 rings (SSSR count). The molecule has 0 amide bonds. The fourth-order valence-corrected chi connectivity index (χ4v) is 2.71. The summed E-state index contributed by atoms with van der Waals surface area (Å²) >= 11 is 1.53. The molecule has 0 heterocycles. The fourth-order valence-electron chi connectivity index (χ4n) is 1.83. The minimum absolute atomic E-state index is 0.113. The van der Waals surface area contributed by atoms with Gasteiger partial charge in [-0.05, 0) is 24.6 Å². The SMILES string of the molecule is Cc1ccc(C(=O)CSCc2ccc(C(=O)O)cc2)cc1. The third-order valence-electron chi connectivity index (χ3n) is 3.08. The summed E-state index contributed by atoms with van der Waals surface area (Å²) in [5.74, 6) is 0.298. The second-order valence-corrected chi connectivity index (χ2v) is 5.77. The molecule has 0 radical (unpaired) electrons. The summed E-state index contributed by atoms with van der Waals surface area (Å²) in [6, 6.07) is 14.3. The number of carboxylic acids is 1. The summed E-state index contributed by atoms with van der Waals surface area (Å²) in [6.45, 7) is 1.99. The number of hydrogen-bond acceptors (Lipinski definition) is 3. The van der Waals surface area contributed by atoms with Gasteiger partial charge in [-0.2, -0.15) is 0 Å². The molecule has 21 heavy (non-hydrogen) atoms. The fraction of sp³-hybridized carbons (Fsp3) is 0.176. The lowest BCUT2D eigenvalue weighted by molar-refractivity contribution is 0.0696. The molecule has 3 nitrogen and oxygen atoms in total. The number of carboxylic acid groups (broad SMARTS) is 1. The first-order valence-corrected chi connectivity index (χ1v) is 7.71. The lowest BCUT2D eigenvalue weighted by atomic mass is 10.1. The first kappa shape index (κ1) is 15.3. The molecular weight excluding hydrogens is 284 g/mol. The molecule has 0 aliphatic rings. The van der Waals surface area contributed by atoms with E-state index in [-0.39, 0.29) is 11.3 Å². The number of benzene rings is 2. The molecule has 2 aromatic carbocycles. The maximum atomic E-state index is 12.0. The minimum atomic E-state index is -0.927. The van der Waals surface area contributed by atoms with E-state index >= 15 is 0 Å². The number of carbonyl (C=O) groups excluding carboxylic acids is 1. The van der Waals surface area contributed by atoms with Gasteiger partial charge in [-0.15, -0.1) is 11.8 Å². The molecule has 0 aliphatic heterocycles. The van der Waals surface area contributed by atoms with Crippen molar-refractivity contribution in [2.24, 2.45) is 0 Å². The van der Waals surface area contributed by atoms with Gasteiger partial charge in [0.05, 0.1) is 11.3 Å². The number of thioether (sulfide) groups is 1. The van der Waals surface area contributed by atoms with E-state index in [0.717, 1.165) is 16.7 Å². The Balaban J connectivity index is 1.85. The van der Waals surface area contributed by atoms with Crippen LogP contribution >= 0.6 is 11.8 Å². The van der Waals surface area contributed by atoms with Gasteiger partial charge in [0, 0.05) is 11.3 Å². The third-order valence-corrected chi connectivity index (χ3v) is 4.08. The van der Waals surface area contributed by atoms with Gasteiger partial charge in [-0.1, -0.05) is 42.0 Å². The lowest BCUT2D eigenvalue weighted by Gasteiger charge is -2.03. The number of aromatic carboxylic acids is 1. The van der Waals surface area contributed by atoms with Crippen LogP contribution < -0.4 is 0 Å². The van der Waals surface area contributed by atoms with Crippen LogP contribution in [0.2, 0.25) is 0 Å². The summed E-state index contributed by atoms with van der Waals surface area (Å²) < 4.78 is 0. The highest BCUT2D eigenvalue weighted by Crippen LogP contribution is 2.15. The van der Waals surface area contributed by atoms with Gasteiger partial charge in [0.1, 0.15) is 0 Å². The van der Waals surface area contributed by atoms with Crippen molar-refractivity contribution in [1.82, 2.24) is 0 Å². The number of aryl methyl sites for hydroxylation is 1. The van der Waals surface area contributed by atoms with E-state index in [0.29, 0.717) is 11.5 Å². The summed E-state index contributed by atoms with van der Waals surface area (Å²) in [6.07, 6.45) is 0. The second kappa shape index (κ2) is 7.09. The van der Waals surface area contributed by atoms with E-state index < -0.39 is 5.97 Å². The van der Waals surface area contributed by atoms with Crippen LogP contribution in [-0.2, 0) is 5.75 Å². The maximum absolute atomic E-state index is 12.0. The molecule has 0 fully saturated rings. The standard InChI is InChI=1S/C17H16O3S/c1-12-2-6-14(7-3-12)16(18)11-21-10-13-4-8-15(9-5-13)17(19)20/h2-9H,10-11H2,1H3,(H,19,20). The third kappa shape index (κ3) is 4.46. The van der Waals surface area contributed by atoms with Crippen molar-refractivity contribution >= 4 is 23.5 Å². The van der Waals surface area contributed by atoms with Crippen LogP contribution in [0, 0.1) is 6.92 Å². The molecule has 0 saturated carbocycles. The van der Waals surface area contributed by atoms with Crippen LogP contribution in [0.5, 0.6) is 0 Å². The van der Waals surface area contributed by atoms with E-state index in [1.807, 2.05) is 31.2 Å². The summed E-state index contributed by atoms with van der Waals surface area (Å²) in [4.78, 5) is 22.7. The topological polar surface area (TPSA) is 54.4 Å². The average molecular weight is 300 g/mol. The Kier molecular flexibility index (Phi) is 5.17. The van der Waals surface area contributed by atoms with Crippen molar-refractivity contribution in [3.8, 4) is 0 Å². The van der Waals surface area contributed by atoms with E-state index in [9.17, 15) is 9.59 Å². The van der Waals surface area contributed by atoms with E-state index in [4.69, 9.17) is 5.11 Å². The van der Waals surface area contributed by atoms with Crippen molar-refractivity contribution in [2.45, 2.75) is 12.7 Å². The van der Waals surface area contributed by atoms with Crippen LogP contribution in [0.25, 0.3) is 0 Å². The molecule has 0 unspecified atom stereocenters. The van der Waals surface area contributed by atoms with Gasteiger partial charge >= 0.3 is 5.97 Å². The smallest absolute Gasteiger partial charge is 0.335 e. The average Bonchev–Trinajstić information content (AvgIpc) is 2.48.